The van der Waals surface area contributed by atoms with Crippen LogP contribution >= 0.6 is 0 Å². The van der Waals surface area contributed by atoms with Crippen molar-refractivity contribution in [3.8, 4) is 11.1 Å². The second kappa shape index (κ2) is 5.22. The largest absolute Gasteiger partial charge is 0.455 e. The highest BCUT2D eigenvalue weighted by molar-refractivity contribution is 5.92. The summed E-state index contributed by atoms with van der Waals surface area (Å²) < 4.78 is 6.30. The van der Waals surface area contributed by atoms with Gasteiger partial charge in [-0.3, -0.25) is 0 Å². The van der Waals surface area contributed by atoms with Gasteiger partial charge in [0.1, 0.15) is 5.60 Å². The van der Waals surface area contributed by atoms with Gasteiger partial charge in [-0.2, -0.15) is 0 Å². The van der Waals surface area contributed by atoms with E-state index in [1.54, 1.807) is 0 Å². The van der Waals surface area contributed by atoms with Crippen LogP contribution in [0.25, 0.3) is 11.1 Å². The van der Waals surface area contributed by atoms with Crippen molar-refractivity contribution < 1.29 is 9.53 Å². The van der Waals surface area contributed by atoms with Gasteiger partial charge < -0.3 is 4.74 Å². The lowest BCUT2D eigenvalue weighted by Crippen LogP contribution is -2.64. The van der Waals surface area contributed by atoms with Crippen LogP contribution in [0.4, 0.5) is 0 Å². The molecule has 8 rings (SSSR count). The smallest absolute Gasteiger partial charge is 0.338 e. The molecule has 0 radical (unpaired) electrons. The zero-order chi connectivity index (χ0) is 19.4. The van der Waals surface area contributed by atoms with Crippen molar-refractivity contribution in [2.45, 2.75) is 44.6 Å². The van der Waals surface area contributed by atoms with E-state index in [2.05, 4.69) is 55.5 Å². The Bertz CT molecular complexity index is 1090. The van der Waals surface area contributed by atoms with Gasteiger partial charge in [0.2, 0.25) is 0 Å². The topological polar surface area (TPSA) is 26.3 Å². The lowest BCUT2D eigenvalue weighted by Gasteiger charge is -2.66. The zero-order valence-corrected chi connectivity index (χ0v) is 16.9. The Balaban J connectivity index is 1.15. The van der Waals surface area contributed by atoms with Crippen molar-refractivity contribution in [3.63, 3.8) is 0 Å². The summed E-state index contributed by atoms with van der Waals surface area (Å²) in [5.74, 6) is 2.68. The van der Waals surface area contributed by atoms with Gasteiger partial charge >= 0.3 is 5.97 Å². The number of hydrogen-bond donors (Lipinski definition) is 0. The maximum atomic E-state index is 13.2. The molecule has 4 fully saturated rings. The van der Waals surface area contributed by atoms with Crippen LogP contribution in [0.15, 0.2) is 54.6 Å². The molecule has 6 atom stereocenters. The van der Waals surface area contributed by atoms with Crippen molar-refractivity contribution in [2.24, 2.45) is 29.1 Å². The Labute approximate surface area is 172 Å². The first-order valence-electron chi connectivity index (χ1n) is 11.2. The lowest BCUT2D eigenvalue weighted by molar-refractivity contribution is -0.208. The standard InChI is InChI=1S/C27H26O2/c1-26(10-11-27-15-23(26)24(27)17-6-8-20(27)14-17)29-25(28)18-7-9-22-19(13-18)12-16-4-2-3-5-21(16)22/h2-9,13,17,20,23-24H,10-12,14-15H2,1H3. The molecule has 0 saturated heterocycles. The quantitative estimate of drug-likeness (QED) is 0.414. The third-order valence-corrected chi connectivity index (χ3v) is 9.24. The average molecular weight is 383 g/mol. The highest BCUT2D eigenvalue weighted by Gasteiger charge is 2.72. The average Bonchev–Trinajstić information content (AvgIpc) is 3.36. The van der Waals surface area contributed by atoms with Gasteiger partial charge in [0.15, 0.2) is 0 Å². The van der Waals surface area contributed by atoms with Crippen molar-refractivity contribution in [3.05, 3.63) is 71.3 Å². The SMILES string of the molecule is CC1(OC(=O)c2ccc3c(c2)Cc2ccccc2-3)CCC23CC1C2C1C=CC3C1. The van der Waals surface area contributed by atoms with Crippen LogP contribution < -0.4 is 0 Å². The third-order valence-electron chi connectivity index (χ3n) is 9.24. The Morgan fingerprint density at radius 1 is 1.03 bits per heavy atom. The van der Waals surface area contributed by atoms with Crippen molar-refractivity contribution in [2.75, 3.05) is 0 Å². The number of carbonyl (C=O) groups is 1. The summed E-state index contributed by atoms with van der Waals surface area (Å²) >= 11 is 0. The van der Waals surface area contributed by atoms with E-state index in [9.17, 15) is 4.79 Å². The second-order valence-electron chi connectivity index (χ2n) is 10.4. The third kappa shape index (κ3) is 1.96. The van der Waals surface area contributed by atoms with E-state index in [4.69, 9.17) is 4.74 Å². The van der Waals surface area contributed by atoms with E-state index in [1.165, 1.54) is 41.5 Å². The Kier molecular flexibility index (Phi) is 2.96. The first-order chi connectivity index (χ1) is 14.1. The molecule has 4 saturated carbocycles. The number of allylic oxidation sites excluding steroid dienone is 2. The van der Waals surface area contributed by atoms with Crippen LogP contribution in [-0.4, -0.2) is 11.6 Å². The van der Waals surface area contributed by atoms with Crippen LogP contribution in [0.1, 0.15) is 54.1 Å². The van der Waals surface area contributed by atoms with Crippen molar-refractivity contribution >= 4 is 5.97 Å². The fraction of sp³-hybridized carbons (Fsp3) is 0.444. The van der Waals surface area contributed by atoms with Crippen LogP contribution in [0.3, 0.4) is 0 Å². The minimum absolute atomic E-state index is 0.135. The van der Waals surface area contributed by atoms with Gasteiger partial charge in [-0.25, -0.2) is 4.79 Å². The van der Waals surface area contributed by atoms with Crippen LogP contribution in [0.2, 0.25) is 0 Å². The molecule has 2 nitrogen and oxygen atoms in total. The van der Waals surface area contributed by atoms with E-state index in [-0.39, 0.29) is 11.6 Å². The molecule has 2 heteroatoms. The fourth-order valence-corrected chi connectivity index (χ4v) is 7.84. The second-order valence-corrected chi connectivity index (χ2v) is 10.4. The number of hydrogen-bond acceptors (Lipinski definition) is 2. The zero-order valence-electron chi connectivity index (χ0n) is 16.9. The number of fused-ring (bicyclic) bond motifs is 7. The number of carbonyl (C=O) groups excluding carboxylic acids is 1. The Hall–Kier alpha value is -2.35. The van der Waals surface area contributed by atoms with Gasteiger partial charge in [0.05, 0.1) is 5.56 Å². The first kappa shape index (κ1) is 16.4. The van der Waals surface area contributed by atoms with Crippen LogP contribution in [0.5, 0.6) is 0 Å². The number of rotatable bonds is 2. The molecular weight excluding hydrogens is 356 g/mol. The normalized spacial score (nSPS) is 39.5. The molecule has 0 N–H and O–H groups in total. The molecule has 29 heavy (non-hydrogen) atoms. The minimum atomic E-state index is -0.302. The van der Waals surface area contributed by atoms with Crippen LogP contribution in [-0.2, 0) is 11.2 Å². The maximum Gasteiger partial charge on any atom is 0.338 e. The summed E-state index contributed by atoms with van der Waals surface area (Å²) in [4.78, 5) is 13.2. The predicted molar refractivity (Wildman–Crippen MR) is 113 cm³/mol. The lowest BCUT2D eigenvalue weighted by atomic mass is 9.40. The first-order valence-corrected chi connectivity index (χ1v) is 11.2. The van der Waals surface area contributed by atoms with E-state index in [0.29, 0.717) is 16.9 Å². The van der Waals surface area contributed by atoms with Crippen molar-refractivity contribution in [1.82, 2.24) is 0 Å². The van der Waals surface area contributed by atoms with Gasteiger partial charge in [-0.05, 0) is 96.6 Å². The summed E-state index contributed by atoms with van der Waals surface area (Å²) in [6, 6.07) is 14.7. The minimum Gasteiger partial charge on any atom is -0.455 e. The number of ether oxygens (including phenoxy) is 1. The molecule has 0 heterocycles. The highest BCUT2D eigenvalue weighted by Crippen LogP contribution is 2.76. The molecule has 0 aliphatic heterocycles. The molecule has 1 spiro atoms. The molecular formula is C27H26O2. The summed E-state index contributed by atoms with van der Waals surface area (Å²) in [5.41, 5.74) is 6.12. The number of esters is 1. The Morgan fingerprint density at radius 3 is 2.79 bits per heavy atom. The predicted octanol–water partition coefficient (Wildman–Crippen LogP) is 5.80. The fourth-order valence-electron chi connectivity index (χ4n) is 7.84. The van der Waals surface area contributed by atoms with E-state index >= 15 is 0 Å². The molecule has 6 aliphatic carbocycles. The van der Waals surface area contributed by atoms with Gasteiger partial charge in [0.25, 0.3) is 0 Å². The van der Waals surface area contributed by atoms with E-state index in [0.717, 1.165) is 30.6 Å². The molecule has 146 valence electrons. The monoisotopic (exact) mass is 382 g/mol. The number of benzene rings is 2. The summed E-state index contributed by atoms with van der Waals surface area (Å²) in [6.45, 7) is 2.21. The Morgan fingerprint density at radius 2 is 1.90 bits per heavy atom. The highest BCUT2D eigenvalue weighted by atomic mass is 16.6. The summed E-state index contributed by atoms with van der Waals surface area (Å²) in [5, 5.41) is 0. The van der Waals surface area contributed by atoms with Gasteiger partial charge in [0, 0.05) is 5.92 Å². The van der Waals surface area contributed by atoms with E-state index in [1.807, 2.05) is 6.07 Å². The van der Waals surface area contributed by atoms with Gasteiger partial charge in [-0.15, -0.1) is 0 Å². The van der Waals surface area contributed by atoms with Crippen LogP contribution in [0, 0.1) is 29.1 Å². The maximum absolute atomic E-state index is 13.2. The molecule has 4 bridgehead atoms. The van der Waals surface area contributed by atoms with Crippen molar-refractivity contribution in [1.29, 1.82) is 0 Å². The molecule has 2 aromatic carbocycles. The summed E-state index contributed by atoms with van der Waals surface area (Å²) in [7, 11) is 0. The molecule has 0 amide bonds. The summed E-state index contributed by atoms with van der Waals surface area (Å²) in [6.07, 6.45) is 10.7. The molecule has 2 aromatic rings. The molecule has 6 unspecified atom stereocenters. The van der Waals surface area contributed by atoms with E-state index < -0.39 is 0 Å². The molecule has 0 aromatic heterocycles. The molecule has 6 aliphatic rings. The van der Waals surface area contributed by atoms with Gasteiger partial charge in [-0.1, -0.05) is 42.5 Å².